The van der Waals surface area contributed by atoms with Crippen LogP contribution < -0.4 is 0 Å². The number of aromatic nitrogens is 2. The second kappa shape index (κ2) is 6.79. The van der Waals surface area contributed by atoms with Crippen molar-refractivity contribution in [1.82, 2.24) is 9.78 Å². The van der Waals surface area contributed by atoms with Gasteiger partial charge in [0.25, 0.3) is 0 Å². The second-order valence-electron chi connectivity index (χ2n) is 6.69. The Hall–Kier alpha value is -2.88. The number of esters is 1. The standard InChI is InChI=1S/C22H22N2O2/c1-3-26-22(25)20-15(2)21(24(23-20)19-7-5-4-6-8-19)18-13-11-17(12-14-18)16-9-10-16/h4-8,11-14,16H,3,9-10H2,1-2H3. The van der Waals surface area contributed by atoms with E-state index in [1.165, 1.54) is 18.4 Å². The highest BCUT2D eigenvalue weighted by atomic mass is 16.5. The van der Waals surface area contributed by atoms with Crippen molar-refractivity contribution in [3.05, 3.63) is 71.4 Å². The van der Waals surface area contributed by atoms with E-state index >= 15 is 0 Å². The van der Waals surface area contributed by atoms with E-state index in [1.54, 1.807) is 6.92 Å². The van der Waals surface area contributed by atoms with Crippen molar-refractivity contribution < 1.29 is 9.53 Å². The third-order valence-corrected chi connectivity index (χ3v) is 4.82. The summed E-state index contributed by atoms with van der Waals surface area (Å²) in [6.45, 7) is 4.07. The van der Waals surface area contributed by atoms with Gasteiger partial charge in [-0.05, 0) is 50.3 Å². The van der Waals surface area contributed by atoms with Crippen molar-refractivity contribution in [2.24, 2.45) is 0 Å². The van der Waals surface area contributed by atoms with Gasteiger partial charge in [0.1, 0.15) is 0 Å². The molecule has 0 radical (unpaired) electrons. The first-order valence-electron chi connectivity index (χ1n) is 9.11. The van der Waals surface area contributed by atoms with Gasteiger partial charge in [-0.25, -0.2) is 9.48 Å². The molecule has 1 fully saturated rings. The Balaban J connectivity index is 1.84. The summed E-state index contributed by atoms with van der Waals surface area (Å²) in [7, 11) is 0. The minimum atomic E-state index is -0.379. The van der Waals surface area contributed by atoms with Crippen LogP contribution in [0.3, 0.4) is 0 Å². The van der Waals surface area contributed by atoms with Crippen LogP contribution >= 0.6 is 0 Å². The fourth-order valence-electron chi connectivity index (χ4n) is 3.31. The number of carbonyl (C=O) groups is 1. The lowest BCUT2D eigenvalue weighted by molar-refractivity contribution is 0.0518. The maximum Gasteiger partial charge on any atom is 0.359 e. The molecule has 0 amide bonds. The Labute approximate surface area is 153 Å². The van der Waals surface area contributed by atoms with E-state index in [9.17, 15) is 4.79 Å². The second-order valence-corrected chi connectivity index (χ2v) is 6.69. The average molecular weight is 346 g/mol. The summed E-state index contributed by atoms with van der Waals surface area (Å²) in [4.78, 5) is 12.3. The fourth-order valence-corrected chi connectivity index (χ4v) is 3.31. The topological polar surface area (TPSA) is 44.1 Å². The molecule has 4 nitrogen and oxygen atoms in total. The van der Waals surface area contributed by atoms with Gasteiger partial charge in [-0.15, -0.1) is 0 Å². The molecule has 0 unspecified atom stereocenters. The van der Waals surface area contributed by atoms with Crippen LogP contribution in [0.4, 0.5) is 0 Å². The molecule has 132 valence electrons. The molecule has 4 heteroatoms. The molecule has 0 N–H and O–H groups in total. The van der Waals surface area contributed by atoms with E-state index in [0.29, 0.717) is 12.3 Å². The van der Waals surface area contributed by atoms with Gasteiger partial charge >= 0.3 is 5.97 Å². The molecular formula is C22H22N2O2. The molecule has 0 saturated heterocycles. The predicted molar refractivity (Wildman–Crippen MR) is 102 cm³/mol. The molecule has 1 saturated carbocycles. The molecule has 26 heavy (non-hydrogen) atoms. The summed E-state index contributed by atoms with van der Waals surface area (Å²) in [5, 5.41) is 4.59. The summed E-state index contributed by atoms with van der Waals surface area (Å²) in [5.41, 5.74) is 5.51. The highest BCUT2D eigenvalue weighted by molar-refractivity contribution is 5.91. The van der Waals surface area contributed by atoms with E-state index in [0.717, 1.165) is 28.4 Å². The molecule has 0 spiro atoms. The van der Waals surface area contributed by atoms with Gasteiger partial charge in [0.05, 0.1) is 18.0 Å². The minimum Gasteiger partial charge on any atom is -0.461 e. The van der Waals surface area contributed by atoms with E-state index in [-0.39, 0.29) is 5.97 Å². The summed E-state index contributed by atoms with van der Waals surface area (Å²) in [6.07, 6.45) is 2.57. The molecule has 0 atom stereocenters. The van der Waals surface area contributed by atoms with Crippen molar-refractivity contribution in [2.45, 2.75) is 32.6 Å². The molecule has 2 aromatic carbocycles. The van der Waals surface area contributed by atoms with Crippen LogP contribution in [0.2, 0.25) is 0 Å². The van der Waals surface area contributed by atoms with Gasteiger partial charge < -0.3 is 4.74 Å². The van der Waals surface area contributed by atoms with Gasteiger partial charge in [0.2, 0.25) is 0 Å². The zero-order valence-corrected chi connectivity index (χ0v) is 15.1. The largest absolute Gasteiger partial charge is 0.461 e. The molecule has 1 aliphatic carbocycles. The number of para-hydroxylation sites is 1. The SMILES string of the molecule is CCOC(=O)c1nn(-c2ccccc2)c(-c2ccc(C3CC3)cc2)c1C. The Bertz CT molecular complexity index is 923. The monoisotopic (exact) mass is 346 g/mol. The van der Waals surface area contributed by atoms with Gasteiger partial charge in [0.15, 0.2) is 5.69 Å². The lowest BCUT2D eigenvalue weighted by Crippen LogP contribution is -2.07. The van der Waals surface area contributed by atoms with Crippen LogP contribution in [0.1, 0.15) is 47.3 Å². The van der Waals surface area contributed by atoms with Gasteiger partial charge in [0, 0.05) is 11.1 Å². The summed E-state index contributed by atoms with van der Waals surface area (Å²) in [6, 6.07) is 18.5. The minimum absolute atomic E-state index is 0.335. The molecule has 0 aliphatic heterocycles. The smallest absolute Gasteiger partial charge is 0.359 e. The first kappa shape index (κ1) is 16.6. The van der Waals surface area contributed by atoms with Crippen molar-refractivity contribution in [2.75, 3.05) is 6.61 Å². The van der Waals surface area contributed by atoms with E-state index < -0.39 is 0 Å². The van der Waals surface area contributed by atoms with E-state index in [4.69, 9.17) is 4.74 Å². The molecule has 3 aromatic rings. The van der Waals surface area contributed by atoms with Crippen LogP contribution in [-0.4, -0.2) is 22.4 Å². The van der Waals surface area contributed by atoms with Gasteiger partial charge in [-0.2, -0.15) is 5.10 Å². The predicted octanol–water partition coefficient (Wildman–Crippen LogP) is 4.90. The Morgan fingerprint density at radius 1 is 1.12 bits per heavy atom. The number of rotatable bonds is 5. The first-order valence-corrected chi connectivity index (χ1v) is 9.11. The maximum absolute atomic E-state index is 12.3. The molecule has 0 bridgehead atoms. The van der Waals surface area contributed by atoms with Crippen molar-refractivity contribution in [3.8, 4) is 16.9 Å². The van der Waals surface area contributed by atoms with Crippen LogP contribution in [0.25, 0.3) is 16.9 Å². The van der Waals surface area contributed by atoms with E-state index in [1.807, 2.05) is 41.9 Å². The third-order valence-electron chi connectivity index (χ3n) is 4.82. The molecule has 1 aliphatic rings. The highest BCUT2D eigenvalue weighted by Crippen LogP contribution is 2.40. The number of carbonyl (C=O) groups excluding carboxylic acids is 1. The lowest BCUT2D eigenvalue weighted by Gasteiger charge is -2.09. The van der Waals surface area contributed by atoms with Gasteiger partial charge in [-0.3, -0.25) is 0 Å². The molecule has 1 heterocycles. The lowest BCUT2D eigenvalue weighted by atomic mass is 10.0. The Morgan fingerprint density at radius 3 is 2.42 bits per heavy atom. The van der Waals surface area contributed by atoms with Crippen LogP contribution in [0.15, 0.2) is 54.6 Å². The number of hydrogen-bond acceptors (Lipinski definition) is 3. The quantitative estimate of drug-likeness (QED) is 0.617. The Kier molecular flexibility index (Phi) is 4.33. The van der Waals surface area contributed by atoms with Crippen LogP contribution in [0, 0.1) is 6.92 Å². The Morgan fingerprint density at radius 2 is 1.81 bits per heavy atom. The normalized spacial score (nSPS) is 13.6. The van der Waals surface area contributed by atoms with Gasteiger partial charge in [-0.1, -0.05) is 42.5 Å². The summed E-state index contributed by atoms with van der Waals surface area (Å²) in [5.74, 6) is 0.342. The van der Waals surface area contributed by atoms with E-state index in [2.05, 4.69) is 29.4 Å². The van der Waals surface area contributed by atoms with Crippen molar-refractivity contribution >= 4 is 5.97 Å². The number of ether oxygens (including phenoxy) is 1. The number of nitrogens with zero attached hydrogens (tertiary/aromatic N) is 2. The first-order chi connectivity index (χ1) is 12.7. The molecule has 1 aromatic heterocycles. The van der Waals surface area contributed by atoms with Crippen molar-refractivity contribution in [1.29, 1.82) is 0 Å². The zero-order chi connectivity index (χ0) is 18.1. The summed E-state index contributed by atoms with van der Waals surface area (Å²) < 4.78 is 7.03. The average Bonchev–Trinajstić information content (AvgIpc) is 3.46. The zero-order valence-electron chi connectivity index (χ0n) is 15.1. The summed E-state index contributed by atoms with van der Waals surface area (Å²) >= 11 is 0. The fraction of sp³-hybridized carbons (Fsp3) is 0.273. The number of hydrogen-bond donors (Lipinski definition) is 0. The van der Waals surface area contributed by atoms with Crippen molar-refractivity contribution in [3.63, 3.8) is 0 Å². The maximum atomic E-state index is 12.3. The van der Waals surface area contributed by atoms with Crippen LogP contribution in [0.5, 0.6) is 0 Å². The van der Waals surface area contributed by atoms with Crippen LogP contribution in [-0.2, 0) is 4.74 Å². The third kappa shape index (κ3) is 3.03. The number of benzene rings is 2. The highest BCUT2D eigenvalue weighted by Gasteiger charge is 2.25. The molecule has 4 rings (SSSR count). The molecular weight excluding hydrogens is 324 g/mol.